The number of unbranched alkanes of at least 4 members (excludes halogenated alkanes) is 2. The summed E-state index contributed by atoms with van der Waals surface area (Å²) >= 11 is 0. The number of fused-ring (bicyclic) bond motifs is 1. The summed E-state index contributed by atoms with van der Waals surface area (Å²) in [5.74, 6) is -3.17. The number of hydrogen-bond acceptors (Lipinski definition) is 6. The molecular weight excluding hydrogens is 646 g/mol. The van der Waals surface area contributed by atoms with Gasteiger partial charge in [0.1, 0.15) is 0 Å². The van der Waals surface area contributed by atoms with E-state index >= 15 is 0 Å². The summed E-state index contributed by atoms with van der Waals surface area (Å²) in [7, 11) is 0. The number of nitrogens with one attached hydrogen (secondary N) is 1. The van der Waals surface area contributed by atoms with Crippen LogP contribution in [0, 0.1) is 6.92 Å². The highest BCUT2D eigenvalue weighted by atomic mass is 16.4. The number of carboxylic acids is 1. The summed E-state index contributed by atoms with van der Waals surface area (Å²) < 4.78 is 1.58. The third-order valence-corrected chi connectivity index (χ3v) is 9.40. The van der Waals surface area contributed by atoms with E-state index in [1.54, 1.807) is 64.2 Å². The van der Waals surface area contributed by atoms with Crippen LogP contribution in [0.3, 0.4) is 0 Å². The molecule has 0 saturated carbocycles. The number of aliphatic hydroxyl groups is 1. The summed E-state index contributed by atoms with van der Waals surface area (Å²) in [5, 5.41) is 27.6. The van der Waals surface area contributed by atoms with Gasteiger partial charge in [0.15, 0.2) is 5.69 Å². The number of aromatic nitrogens is 2. The van der Waals surface area contributed by atoms with Crippen molar-refractivity contribution < 1.29 is 29.4 Å². The molecule has 0 saturated heterocycles. The molecule has 0 radical (unpaired) electrons. The van der Waals surface area contributed by atoms with Crippen molar-refractivity contribution in [3.05, 3.63) is 113 Å². The first-order valence-corrected chi connectivity index (χ1v) is 17.7. The molecule has 51 heavy (non-hydrogen) atoms. The molecule has 2 unspecified atom stereocenters. The maximum Gasteiger partial charge on any atom is 0.304 e. The molecule has 5 rings (SSSR count). The van der Waals surface area contributed by atoms with E-state index in [4.69, 9.17) is 5.10 Å². The average Bonchev–Trinajstić information content (AvgIpc) is 3.53. The number of rotatable bonds is 15. The largest absolute Gasteiger partial charge is 0.481 e. The van der Waals surface area contributed by atoms with Crippen molar-refractivity contribution in [1.29, 1.82) is 0 Å². The van der Waals surface area contributed by atoms with Gasteiger partial charge in [-0.15, -0.1) is 0 Å². The third-order valence-electron chi connectivity index (χ3n) is 9.40. The smallest absolute Gasteiger partial charge is 0.304 e. The quantitative estimate of drug-likeness (QED) is 0.139. The summed E-state index contributed by atoms with van der Waals surface area (Å²) in [6.45, 7) is 7.28. The van der Waals surface area contributed by atoms with E-state index in [1.165, 1.54) is 0 Å². The molecule has 0 fully saturated rings. The molecule has 0 bridgehead atoms. The molecule has 11 nitrogen and oxygen atoms in total. The second kappa shape index (κ2) is 17.1. The maximum atomic E-state index is 14.6. The van der Waals surface area contributed by atoms with Gasteiger partial charge in [-0.25, -0.2) is 4.68 Å². The first kappa shape index (κ1) is 37.0. The van der Waals surface area contributed by atoms with Crippen molar-refractivity contribution in [1.82, 2.24) is 19.6 Å². The average molecular weight is 694 g/mol. The van der Waals surface area contributed by atoms with Crippen LogP contribution < -0.4 is 5.32 Å². The Balaban J connectivity index is 1.55. The number of anilines is 1. The fraction of sp³-hybridized carbons (Fsp3) is 0.375. The van der Waals surface area contributed by atoms with E-state index in [2.05, 4.69) is 19.2 Å². The van der Waals surface area contributed by atoms with Crippen molar-refractivity contribution in [2.24, 2.45) is 0 Å². The number of carboxylic acid groups (broad SMARTS) is 1. The Labute approximate surface area is 298 Å². The molecule has 268 valence electrons. The molecule has 3 amide bonds. The molecule has 0 aliphatic carbocycles. The van der Waals surface area contributed by atoms with Crippen molar-refractivity contribution in [3.8, 4) is 5.69 Å². The Hall–Kier alpha value is -5.29. The fourth-order valence-electron chi connectivity index (χ4n) is 6.56. The predicted octanol–water partition coefficient (Wildman–Crippen LogP) is 5.98. The van der Waals surface area contributed by atoms with E-state index in [0.717, 1.165) is 36.8 Å². The van der Waals surface area contributed by atoms with E-state index in [1.807, 2.05) is 36.1 Å². The Kier molecular flexibility index (Phi) is 12.4. The van der Waals surface area contributed by atoms with Crippen LogP contribution in [-0.2, 0) is 22.6 Å². The maximum absolute atomic E-state index is 14.6. The normalized spacial score (nSPS) is 14.4. The number of aryl methyl sites for hydroxylation is 1. The monoisotopic (exact) mass is 693 g/mol. The van der Waals surface area contributed by atoms with Gasteiger partial charge in [0.25, 0.3) is 11.8 Å². The first-order valence-electron chi connectivity index (χ1n) is 17.7. The molecule has 2 heterocycles. The number of nitrogens with zero attached hydrogens (tertiary/aromatic N) is 4. The van der Waals surface area contributed by atoms with Crippen LogP contribution in [0.2, 0.25) is 0 Å². The van der Waals surface area contributed by atoms with Gasteiger partial charge < -0.3 is 25.3 Å². The topological polar surface area (TPSA) is 145 Å². The van der Waals surface area contributed by atoms with E-state index in [9.17, 15) is 29.4 Å². The summed E-state index contributed by atoms with van der Waals surface area (Å²) in [4.78, 5) is 57.1. The Morgan fingerprint density at radius 1 is 0.922 bits per heavy atom. The van der Waals surface area contributed by atoms with Crippen LogP contribution in [0.15, 0.2) is 78.9 Å². The molecule has 0 spiro atoms. The van der Waals surface area contributed by atoms with Crippen molar-refractivity contribution >= 4 is 29.4 Å². The molecule has 2 atom stereocenters. The number of carbonyl (C=O) groups excluding carboxylic acids is 3. The summed E-state index contributed by atoms with van der Waals surface area (Å²) in [6, 6.07) is 22.6. The minimum Gasteiger partial charge on any atom is -0.481 e. The SMILES string of the molecule is CCCCN(CCCC)C(=O)c1cc(C)n(-c2ccc(NC(=O)C(CC(=O)O)c3ccccc3)cc2C(=O)N2Cc3ccccc3CC2CO)n1. The Morgan fingerprint density at radius 2 is 1.59 bits per heavy atom. The van der Waals surface area contributed by atoms with Crippen LogP contribution >= 0.6 is 0 Å². The molecule has 3 aromatic carbocycles. The zero-order valence-corrected chi connectivity index (χ0v) is 29.5. The van der Waals surface area contributed by atoms with Crippen LogP contribution in [-0.4, -0.2) is 79.2 Å². The second-order valence-corrected chi connectivity index (χ2v) is 13.1. The van der Waals surface area contributed by atoms with Gasteiger partial charge in [0.2, 0.25) is 5.91 Å². The number of aliphatic hydroxyl groups excluding tert-OH is 1. The van der Waals surface area contributed by atoms with Crippen LogP contribution in [0.25, 0.3) is 5.69 Å². The molecule has 11 heteroatoms. The van der Waals surface area contributed by atoms with Crippen LogP contribution in [0.4, 0.5) is 5.69 Å². The number of aliphatic carboxylic acids is 1. The fourth-order valence-corrected chi connectivity index (χ4v) is 6.56. The standard InChI is InChI=1S/C40H47N5O6/c1-4-6-19-43(20-7-5-2)40(51)35-21-27(3)45(42-35)36-18-17-31(41-38(49)33(24-37(47)48)28-13-9-8-10-14-28)23-34(36)39(50)44-25-30-16-12-11-15-29(30)22-32(44)26-46/h8-18,21,23,32-33,46H,4-7,19-20,22,24-26H2,1-3H3,(H,41,49)(H,47,48). The molecule has 1 aliphatic heterocycles. The lowest BCUT2D eigenvalue weighted by Gasteiger charge is -2.36. The minimum absolute atomic E-state index is 0.172. The third kappa shape index (κ3) is 8.72. The highest BCUT2D eigenvalue weighted by Gasteiger charge is 2.32. The lowest BCUT2D eigenvalue weighted by Crippen LogP contribution is -2.46. The van der Waals surface area contributed by atoms with Gasteiger partial charge in [0.05, 0.1) is 36.2 Å². The highest BCUT2D eigenvalue weighted by molar-refractivity contribution is 6.02. The van der Waals surface area contributed by atoms with Crippen molar-refractivity contribution in [2.45, 2.75) is 77.8 Å². The van der Waals surface area contributed by atoms with Gasteiger partial charge in [-0.2, -0.15) is 5.10 Å². The van der Waals surface area contributed by atoms with E-state index in [-0.39, 0.29) is 36.2 Å². The first-order chi connectivity index (χ1) is 24.6. The highest BCUT2D eigenvalue weighted by Crippen LogP contribution is 2.30. The number of hydrogen-bond donors (Lipinski definition) is 3. The van der Waals surface area contributed by atoms with E-state index in [0.29, 0.717) is 42.1 Å². The van der Waals surface area contributed by atoms with Gasteiger partial charge in [0, 0.05) is 31.0 Å². The zero-order chi connectivity index (χ0) is 36.5. The van der Waals surface area contributed by atoms with Gasteiger partial charge in [-0.3, -0.25) is 19.2 Å². The summed E-state index contributed by atoms with van der Waals surface area (Å²) in [6.07, 6.45) is 3.73. The van der Waals surface area contributed by atoms with Crippen molar-refractivity contribution in [3.63, 3.8) is 0 Å². The number of benzene rings is 3. The number of carbonyl (C=O) groups is 4. The van der Waals surface area contributed by atoms with E-state index < -0.39 is 30.3 Å². The van der Waals surface area contributed by atoms with Gasteiger partial charge in [-0.1, -0.05) is 81.3 Å². The molecule has 1 aromatic heterocycles. The molecule has 3 N–H and O–H groups in total. The molecule has 4 aromatic rings. The summed E-state index contributed by atoms with van der Waals surface area (Å²) in [5.41, 5.74) is 4.42. The predicted molar refractivity (Wildman–Crippen MR) is 195 cm³/mol. The van der Waals surface area contributed by atoms with Crippen LogP contribution in [0.1, 0.15) is 95.1 Å². The Bertz CT molecular complexity index is 1850. The number of amides is 3. The van der Waals surface area contributed by atoms with Crippen LogP contribution in [0.5, 0.6) is 0 Å². The second-order valence-electron chi connectivity index (χ2n) is 13.1. The zero-order valence-electron chi connectivity index (χ0n) is 29.5. The Morgan fingerprint density at radius 3 is 2.24 bits per heavy atom. The molecular formula is C40H47N5O6. The lowest BCUT2D eigenvalue weighted by atomic mass is 9.93. The van der Waals surface area contributed by atoms with Crippen molar-refractivity contribution in [2.75, 3.05) is 25.0 Å². The lowest BCUT2D eigenvalue weighted by molar-refractivity contribution is -0.139. The van der Waals surface area contributed by atoms with Gasteiger partial charge in [-0.05, 0) is 67.1 Å². The minimum atomic E-state index is -1.12. The van der Waals surface area contributed by atoms with Gasteiger partial charge >= 0.3 is 5.97 Å². The molecule has 1 aliphatic rings.